The molecule has 1 aromatic carbocycles. The summed E-state index contributed by atoms with van der Waals surface area (Å²) in [4.78, 5) is 30.8. The van der Waals surface area contributed by atoms with Crippen molar-refractivity contribution in [1.82, 2.24) is 10.6 Å². The highest BCUT2D eigenvalue weighted by Crippen LogP contribution is 2.51. The second-order valence-corrected chi connectivity index (χ2v) is 10.4. The zero-order valence-corrected chi connectivity index (χ0v) is 19.9. The minimum atomic E-state index is -4.80. The van der Waals surface area contributed by atoms with E-state index in [1.165, 1.54) is 18.2 Å². The van der Waals surface area contributed by atoms with Crippen LogP contribution in [0.1, 0.15) is 50.5 Å². The molecule has 0 saturated carbocycles. The Balaban J connectivity index is 1.48. The maximum absolute atomic E-state index is 14.3. The van der Waals surface area contributed by atoms with E-state index < -0.39 is 30.1 Å². The lowest BCUT2D eigenvalue weighted by atomic mass is 9.87. The molecule has 5 rings (SSSR count). The number of nitrogens with zero attached hydrogens (tertiary/aromatic N) is 1. The zero-order valence-electron chi connectivity index (χ0n) is 17.5. The van der Waals surface area contributed by atoms with Gasteiger partial charge in [-0.25, -0.2) is 0 Å². The van der Waals surface area contributed by atoms with Crippen molar-refractivity contribution in [1.29, 1.82) is 0 Å². The third-order valence-corrected chi connectivity index (χ3v) is 8.07. The van der Waals surface area contributed by atoms with Crippen LogP contribution in [-0.2, 0) is 28.1 Å². The molecule has 1 saturated heterocycles. The molecule has 2 unspecified atom stereocenters. The first-order chi connectivity index (χ1) is 16.1. The van der Waals surface area contributed by atoms with E-state index in [0.717, 1.165) is 28.9 Å². The molecule has 180 valence electrons. The Hall–Kier alpha value is -2.30. The van der Waals surface area contributed by atoms with E-state index in [1.54, 1.807) is 0 Å². The second-order valence-electron chi connectivity index (χ2n) is 8.47. The van der Waals surface area contributed by atoms with Crippen molar-refractivity contribution in [3.8, 4) is 0 Å². The lowest BCUT2D eigenvalue weighted by molar-refractivity contribution is -0.275. The summed E-state index contributed by atoms with van der Waals surface area (Å²) in [5, 5.41) is 9.35. The molecule has 6 nitrogen and oxygen atoms in total. The second kappa shape index (κ2) is 8.42. The smallest absolute Gasteiger partial charge is 0.374 e. The minimum absolute atomic E-state index is 0.0510. The molecule has 2 atom stereocenters. The summed E-state index contributed by atoms with van der Waals surface area (Å²) < 4.78 is 43.0. The van der Waals surface area contributed by atoms with Gasteiger partial charge in [-0.3, -0.25) is 9.59 Å². The highest BCUT2D eigenvalue weighted by atomic mass is 35.5. The van der Waals surface area contributed by atoms with Crippen LogP contribution in [0.25, 0.3) is 0 Å². The van der Waals surface area contributed by atoms with Gasteiger partial charge in [0, 0.05) is 22.2 Å². The van der Waals surface area contributed by atoms with Crippen molar-refractivity contribution >= 4 is 52.1 Å². The van der Waals surface area contributed by atoms with E-state index >= 15 is 0 Å². The van der Waals surface area contributed by atoms with Crippen LogP contribution in [0.2, 0.25) is 10.0 Å². The summed E-state index contributed by atoms with van der Waals surface area (Å²) in [5.74, 6) is -0.648. The van der Waals surface area contributed by atoms with Gasteiger partial charge in [-0.1, -0.05) is 28.4 Å². The molecule has 1 fully saturated rings. The maximum atomic E-state index is 14.3. The highest BCUT2D eigenvalue weighted by Gasteiger charge is 2.62. The van der Waals surface area contributed by atoms with Crippen LogP contribution in [-0.4, -0.2) is 36.3 Å². The van der Waals surface area contributed by atoms with Crippen LogP contribution in [0.4, 0.5) is 13.2 Å². The van der Waals surface area contributed by atoms with Crippen molar-refractivity contribution in [2.45, 2.75) is 49.9 Å². The summed E-state index contributed by atoms with van der Waals surface area (Å²) in [6.45, 7) is 0.485. The average Bonchev–Trinajstić information content (AvgIpc) is 3.51. The maximum Gasteiger partial charge on any atom is 0.435 e. The molecule has 0 radical (unpaired) electrons. The van der Waals surface area contributed by atoms with E-state index in [2.05, 4.69) is 15.8 Å². The molecular weight excluding hydrogens is 514 g/mol. The fraction of sp³-hybridized carbons (Fsp3) is 0.409. The van der Waals surface area contributed by atoms with Crippen LogP contribution >= 0.6 is 34.5 Å². The lowest BCUT2D eigenvalue weighted by Crippen LogP contribution is -2.42. The molecule has 3 heterocycles. The number of oxime groups is 1. The quantitative estimate of drug-likeness (QED) is 0.597. The van der Waals surface area contributed by atoms with Gasteiger partial charge in [0.05, 0.1) is 16.2 Å². The van der Waals surface area contributed by atoms with Crippen LogP contribution < -0.4 is 10.6 Å². The molecule has 3 aliphatic rings. The Bertz CT molecular complexity index is 1210. The van der Waals surface area contributed by atoms with Gasteiger partial charge in [0.1, 0.15) is 11.8 Å². The standard InChI is InChI=1S/C22H18Cl2F3N3O3S/c23-11-6-10(7-12(24)8-11)21(22(25,26)27)9-16(30-33-21)17-13-2-1-3-14(13)18(34-17)20(32)29-15-4-5-28-19(15)31/h6-8,15H,1-5,9H2,(H,28,31)(H,29,32). The van der Waals surface area contributed by atoms with Gasteiger partial charge in [-0.05, 0) is 55.0 Å². The Labute approximate surface area is 206 Å². The number of nitrogens with one attached hydrogen (secondary N) is 2. The Morgan fingerprint density at radius 2 is 1.91 bits per heavy atom. The summed E-state index contributed by atoms with van der Waals surface area (Å²) in [6.07, 6.45) is -2.86. The van der Waals surface area contributed by atoms with Crippen molar-refractivity contribution in [2.75, 3.05) is 6.54 Å². The third-order valence-electron chi connectivity index (χ3n) is 6.31. The number of benzene rings is 1. The summed E-state index contributed by atoms with van der Waals surface area (Å²) >= 11 is 13.0. The number of carbonyl (C=O) groups is 2. The molecule has 2 amide bonds. The van der Waals surface area contributed by atoms with Gasteiger partial charge in [0.15, 0.2) is 0 Å². The summed E-state index contributed by atoms with van der Waals surface area (Å²) in [6, 6.07) is 3.07. The van der Waals surface area contributed by atoms with Crippen molar-refractivity contribution < 1.29 is 27.6 Å². The predicted molar refractivity (Wildman–Crippen MR) is 122 cm³/mol. The normalized spacial score (nSPS) is 24.0. The van der Waals surface area contributed by atoms with Gasteiger partial charge in [-0.15, -0.1) is 11.3 Å². The van der Waals surface area contributed by atoms with Crippen LogP contribution in [0.3, 0.4) is 0 Å². The Kier molecular flexibility index (Phi) is 5.81. The Morgan fingerprint density at radius 1 is 1.21 bits per heavy atom. The monoisotopic (exact) mass is 531 g/mol. The number of alkyl halides is 3. The highest BCUT2D eigenvalue weighted by molar-refractivity contribution is 7.16. The first-order valence-electron chi connectivity index (χ1n) is 10.6. The Morgan fingerprint density at radius 3 is 2.56 bits per heavy atom. The number of hydrogen-bond acceptors (Lipinski definition) is 5. The summed E-state index contributed by atoms with van der Waals surface area (Å²) in [7, 11) is 0. The number of thiophene rings is 1. The molecule has 2 N–H and O–H groups in total. The molecule has 0 spiro atoms. The molecule has 0 bridgehead atoms. The van der Waals surface area contributed by atoms with Gasteiger partial charge >= 0.3 is 6.18 Å². The van der Waals surface area contributed by atoms with Gasteiger partial charge in [0.2, 0.25) is 5.91 Å². The third kappa shape index (κ3) is 3.85. The van der Waals surface area contributed by atoms with E-state index in [9.17, 15) is 22.8 Å². The molecule has 12 heteroatoms. The van der Waals surface area contributed by atoms with E-state index in [0.29, 0.717) is 35.6 Å². The number of hydrogen-bond donors (Lipinski definition) is 2. The predicted octanol–water partition coefficient (Wildman–Crippen LogP) is 4.74. The first kappa shape index (κ1) is 23.4. The number of rotatable bonds is 4. The van der Waals surface area contributed by atoms with Crippen molar-refractivity contribution in [2.24, 2.45) is 5.16 Å². The summed E-state index contributed by atoms with van der Waals surface area (Å²) in [5.41, 5.74) is -1.25. The van der Waals surface area contributed by atoms with Crippen LogP contribution in [0.15, 0.2) is 23.4 Å². The van der Waals surface area contributed by atoms with Gasteiger partial charge in [0.25, 0.3) is 11.5 Å². The van der Waals surface area contributed by atoms with E-state index in [1.807, 2.05) is 0 Å². The molecule has 34 heavy (non-hydrogen) atoms. The molecular formula is C22H18Cl2F3N3O3S. The number of amides is 2. The van der Waals surface area contributed by atoms with Crippen LogP contribution in [0, 0.1) is 0 Å². The van der Waals surface area contributed by atoms with Gasteiger partial charge < -0.3 is 15.5 Å². The lowest BCUT2D eigenvalue weighted by Gasteiger charge is -2.29. The van der Waals surface area contributed by atoms with E-state index in [-0.39, 0.29) is 27.2 Å². The van der Waals surface area contributed by atoms with Crippen LogP contribution in [0.5, 0.6) is 0 Å². The fourth-order valence-corrected chi connectivity index (χ4v) is 6.46. The SMILES string of the molecule is O=C(NC1CCNC1=O)c1sc(C2=NOC(c3cc(Cl)cc(Cl)c3)(C(F)(F)F)C2)c2c1CCC2. The fourth-order valence-electron chi connectivity index (χ4n) is 4.65. The molecule has 2 aromatic rings. The first-order valence-corrected chi connectivity index (χ1v) is 12.2. The molecule has 1 aliphatic carbocycles. The van der Waals surface area contributed by atoms with Crippen molar-refractivity contribution in [3.63, 3.8) is 0 Å². The van der Waals surface area contributed by atoms with E-state index in [4.69, 9.17) is 28.0 Å². The minimum Gasteiger partial charge on any atom is -0.374 e. The number of carbonyl (C=O) groups excluding carboxylic acids is 2. The van der Waals surface area contributed by atoms with Crippen molar-refractivity contribution in [3.05, 3.63) is 54.7 Å². The topological polar surface area (TPSA) is 79.8 Å². The molecule has 1 aromatic heterocycles. The number of fused-ring (bicyclic) bond motifs is 1. The van der Waals surface area contributed by atoms with Gasteiger partial charge in [-0.2, -0.15) is 13.2 Å². The largest absolute Gasteiger partial charge is 0.435 e. The zero-order chi connectivity index (χ0) is 24.3. The average molecular weight is 532 g/mol. The number of halogens is 5. The molecule has 2 aliphatic heterocycles.